The molecule has 1 atom stereocenters. The third-order valence-electron chi connectivity index (χ3n) is 4.72. The number of nitrogens with zero attached hydrogens (tertiary/aromatic N) is 6. The molecule has 27 heavy (non-hydrogen) atoms. The number of aromatic amines is 1. The molecule has 0 fully saturated rings. The lowest BCUT2D eigenvalue weighted by atomic mass is 9.99. The molecule has 132 valence electrons. The van der Waals surface area contributed by atoms with E-state index in [9.17, 15) is 10.1 Å². The minimum absolute atomic E-state index is 0.0239. The van der Waals surface area contributed by atoms with Crippen molar-refractivity contribution in [3.63, 3.8) is 0 Å². The molecule has 9 nitrogen and oxygen atoms in total. The Bertz CT molecular complexity index is 1160. The molecule has 0 radical (unpaired) electrons. The topological polar surface area (TPSA) is 116 Å². The van der Waals surface area contributed by atoms with Gasteiger partial charge in [0.2, 0.25) is 5.76 Å². The van der Waals surface area contributed by atoms with Crippen LogP contribution >= 0.6 is 0 Å². The van der Waals surface area contributed by atoms with E-state index >= 15 is 0 Å². The van der Waals surface area contributed by atoms with Crippen LogP contribution in [0.4, 0.5) is 0 Å². The molecular formula is C18H13N7O2. The molecule has 0 saturated heterocycles. The largest absolute Gasteiger partial charge is 0.437 e. The van der Waals surface area contributed by atoms with E-state index in [0.717, 1.165) is 23.3 Å². The van der Waals surface area contributed by atoms with Gasteiger partial charge in [0, 0.05) is 19.2 Å². The van der Waals surface area contributed by atoms with Gasteiger partial charge in [-0.3, -0.25) is 4.79 Å². The standard InChI is InChI=1S/C18H13N7O2/c19-8-14-17(27-10-22-14)18(26)24-6-4-12-15(21-9-20-12)16(24)13-7-11-3-1-2-5-25(11)23-13/h1-3,5,7,9-10,16H,4,6H2,(H,20,21)/t16-/m0/s1. The Hall–Kier alpha value is -3.93. The van der Waals surface area contributed by atoms with Crippen molar-refractivity contribution in [2.45, 2.75) is 12.5 Å². The summed E-state index contributed by atoms with van der Waals surface area (Å²) in [7, 11) is 0. The number of pyridine rings is 1. The molecule has 1 amide bonds. The van der Waals surface area contributed by atoms with Crippen LogP contribution in [0.25, 0.3) is 5.52 Å². The van der Waals surface area contributed by atoms with Crippen LogP contribution in [0.3, 0.4) is 0 Å². The second-order valence-corrected chi connectivity index (χ2v) is 6.20. The summed E-state index contributed by atoms with van der Waals surface area (Å²) in [4.78, 5) is 26.1. The van der Waals surface area contributed by atoms with Crippen LogP contribution in [0.1, 0.15) is 39.4 Å². The summed E-state index contributed by atoms with van der Waals surface area (Å²) in [5.41, 5.74) is 3.32. The van der Waals surface area contributed by atoms with E-state index in [1.807, 2.05) is 36.5 Å². The van der Waals surface area contributed by atoms with Crippen molar-refractivity contribution in [1.29, 1.82) is 5.26 Å². The Balaban J connectivity index is 1.64. The number of carbonyl (C=O) groups is 1. The van der Waals surface area contributed by atoms with Crippen LogP contribution in [0.2, 0.25) is 0 Å². The van der Waals surface area contributed by atoms with E-state index < -0.39 is 11.9 Å². The minimum Gasteiger partial charge on any atom is -0.437 e. The average molecular weight is 359 g/mol. The Morgan fingerprint density at radius 1 is 1.37 bits per heavy atom. The lowest BCUT2D eigenvalue weighted by Gasteiger charge is -2.33. The van der Waals surface area contributed by atoms with Gasteiger partial charge in [0.15, 0.2) is 12.1 Å². The number of fused-ring (bicyclic) bond motifs is 2. The molecule has 0 aromatic carbocycles. The van der Waals surface area contributed by atoms with E-state index in [1.165, 1.54) is 0 Å². The van der Waals surface area contributed by atoms with Gasteiger partial charge in [-0.05, 0) is 18.2 Å². The van der Waals surface area contributed by atoms with Gasteiger partial charge in [-0.15, -0.1) is 0 Å². The van der Waals surface area contributed by atoms with E-state index in [0.29, 0.717) is 18.7 Å². The number of nitrogens with one attached hydrogen (secondary N) is 1. The van der Waals surface area contributed by atoms with Gasteiger partial charge >= 0.3 is 0 Å². The van der Waals surface area contributed by atoms with E-state index in [-0.39, 0.29) is 11.5 Å². The van der Waals surface area contributed by atoms with E-state index in [2.05, 4.69) is 20.1 Å². The number of rotatable bonds is 2. The monoisotopic (exact) mass is 359 g/mol. The number of oxazole rings is 1. The van der Waals surface area contributed by atoms with E-state index in [1.54, 1.807) is 15.7 Å². The van der Waals surface area contributed by atoms with Crippen molar-refractivity contribution in [3.8, 4) is 6.07 Å². The van der Waals surface area contributed by atoms with Crippen molar-refractivity contribution in [2.24, 2.45) is 0 Å². The molecule has 1 aliphatic rings. The maximum absolute atomic E-state index is 13.1. The van der Waals surface area contributed by atoms with Crippen LogP contribution in [-0.2, 0) is 6.42 Å². The number of amides is 1. The number of carbonyl (C=O) groups excluding carboxylic acids is 1. The molecule has 0 spiro atoms. The molecule has 0 saturated carbocycles. The quantitative estimate of drug-likeness (QED) is 0.582. The first kappa shape index (κ1) is 15.3. The summed E-state index contributed by atoms with van der Waals surface area (Å²) < 4.78 is 6.97. The van der Waals surface area contributed by atoms with Gasteiger partial charge in [-0.25, -0.2) is 14.5 Å². The normalized spacial score (nSPS) is 16.3. The van der Waals surface area contributed by atoms with Crippen LogP contribution in [0.15, 0.2) is 47.6 Å². The molecule has 0 unspecified atom stereocenters. The zero-order valence-electron chi connectivity index (χ0n) is 14.0. The number of hydrogen-bond donors (Lipinski definition) is 1. The second-order valence-electron chi connectivity index (χ2n) is 6.20. The molecule has 5 heterocycles. The third-order valence-corrected chi connectivity index (χ3v) is 4.72. The summed E-state index contributed by atoms with van der Waals surface area (Å²) in [6.07, 6.45) is 5.18. The number of nitriles is 1. The summed E-state index contributed by atoms with van der Waals surface area (Å²) in [6, 6.07) is 9.14. The molecule has 1 aliphatic heterocycles. The first-order valence-corrected chi connectivity index (χ1v) is 8.37. The van der Waals surface area contributed by atoms with Gasteiger partial charge in [0.25, 0.3) is 5.91 Å². The number of hydrogen-bond acceptors (Lipinski definition) is 6. The molecule has 5 rings (SSSR count). The Labute approximate surface area is 152 Å². The highest BCUT2D eigenvalue weighted by molar-refractivity contribution is 5.94. The van der Waals surface area contributed by atoms with Crippen molar-refractivity contribution < 1.29 is 9.21 Å². The van der Waals surface area contributed by atoms with Crippen molar-refractivity contribution >= 4 is 11.4 Å². The van der Waals surface area contributed by atoms with E-state index in [4.69, 9.17) is 4.42 Å². The van der Waals surface area contributed by atoms with Gasteiger partial charge < -0.3 is 14.3 Å². The molecule has 0 aliphatic carbocycles. The van der Waals surface area contributed by atoms with Crippen LogP contribution < -0.4 is 0 Å². The summed E-state index contributed by atoms with van der Waals surface area (Å²) in [6.45, 7) is 0.431. The summed E-state index contributed by atoms with van der Waals surface area (Å²) in [5.74, 6) is -0.458. The molecule has 4 aromatic rings. The molecule has 0 bridgehead atoms. The van der Waals surface area contributed by atoms with Gasteiger partial charge in [0.05, 0.1) is 28.9 Å². The minimum atomic E-state index is -0.458. The van der Waals surface area contributed by atoms with Crippen molar-refractivity contribution in [1.82, 2.24) is 29.5 Å². The van der Waals surface area contributed by atoms with Gasteiger partial charge in [-0.2, -0.15) is 10.4 Å². The Morgan fingerprint density at radius 2 is 2.30 bits per heavy atom. The number of imidazole rings is 1. The number of H-pyrrole nitrogens is 1. The molecule has 1 N–H and O–H groups in total. The Kier molecular flexibility index (Phi) is 3.30. The molecular weight excluding hydrogens is 346 g/mol. The third kappa shape index (κ3) is 2.31. The summed E-state index contributed by atoms with van der Waals surface area (Å²) >= 11 is 0. The zero-order chi connectivity index (χ0) is 18.4. The fourth-order valence-corrected chi connectivity index (χ4v) is 3.51. The predicted octanol–water partition coefficient (Wildman–Crippen LogP) is 1.70. The van der Waals surface area contributed by atoms with Crippen LogP contribution in [0.5, 0.6) is 0 Å². The average Bonchev–Trinajstić information content (AvgIpc) is 3.44. The number of aromatic nitrogens is 5. The van der Waals surface area contributed by atoms with Crippen molar-refractivity contribution in [2.75, 3.05) is 6.54 Å². The lowest BCUT2D eigenvalue weighted by molar-refractivity contribution is 0.0654. The maximum Gasteiger partial charge on any atom is 0.293 e. The van der Waals surface area contributed by atoms with Gasteiger partial charge in [0.1, 0.15) is 12.1 Å². The SMILES string of the molecule is N#Cc1ncoc1C(=O)N1CCc2nc[nH]c2[C@@H]1c1cc2ccccn2n1. The second kappa shape index (κ2) is 5.81. The zero-order valence-corrected chi connectivity index (χ0v) is 14.0. The summed E-state index contributed by atoms with van der Waals surface area (Å²) in [5, 5.41) is 13.8. The van der Waals surface area contributed by atoms with Crippen molar-refractivity contribution in [3.05, 3.63) is 71.7 Å². The highest BCUT2D eigenvalue weighted by Gasteiger charge is 2.38. The predicted molar refractivity (Wildman–Crippen MR) is 91.6 cm³/mol. The smallest absolute Gasteiger partial charge is 0.293 e. The van der Waals surface area contributed by atoms with Gasteiger partial charge in [-0.1, -0.05) is 6.07 Å². The fraction of sp³-hybridized carbons (Fsp3) is 0.167. The fourth-order valence-electron chi connectivity index (χ4n) is 3.51. The maximum atomic E-state index is 13.1. The Morgan fingerprint density at radius 3 is 3.15 bits per heavy atom. The highest BCUT2D eigenvalue weighted by atomic mass is 16.3. The molecule has 9 heteroatoms. The van der Waals surface area contributed by atoms with Crippen LogP contribution in [0, 0.1) is 11.3 Å². The lowest BCUT2D eigenvalue weighted by Crippen LogP contribution is -2.41. The first-order chi connectivity index (χ1) is 13.3. The first-order valence-electron chi connectivity index (χ1n) is 8.37. The highest BCUT2D eigenvalue weighted by Crippen LogP contribution is 2.34. The molecule has 4 aromatic heterocycles. The van der Waals surface area contributed by atoms with Crippen LogP contribution in [-0.4, -0.2) is 41.9 Å².